The van der Waals surface area contributed by atoms with Gasteiger partial charge in [0, 0.05) is 23.6 Å². The molecular formula is C20H17N3O3S. The van der Waals surface area contributed by atoms with Gasteiger partial charge in [-0.1, -0.05) is 30.3 Å². The lowest BCUT2D eigenvalue weighted by atomic mass is 10.1. The van der Waals surface area contributed by atoms with Crippen LogP contribution in [0.15, 0.2) is 84.0 Å². The molecule has 0 amide bonds. The van der Waals surface area contributed by atoms with E-state index in [4.69, 9.17) is 4.74 Å². The lowest BCUT2D eigenvalue weighted by Crippen LogP contribution is -2.13. The molecule has 2 heterocycles. The number of methoxy groups -OCH3 is 1. The number of anilines is 1. The SMILES string of the molecule is COc1ccccc1S(=O)(=O)Nc1ccc(-c2cn3ccccc3n2)cc1. The van der Waals surface area contributed by atoms with Crippen LogP contribution >= 0.6 is 0 Å². The van der Waals surface area contributed by atoms with Gasteiger partial charge in [0.1, 0.15) is 16.3 Å². The molecule has 0 saturated carbocycles. The first-order chi connectivity index (χ1) is 13.1. The first-order valence-electron chi connectivity index (χ1n) is 8.27. The molecule has 4 rings (SSSR count). The maximum absolute atomic E-state index is 12.6. The van der Waals surface area contributed by atoms with Crippen LogP contribution in [0.2, 0.25) is 0 Å². The smallest absolute Gasteiger partial charge is 0.265 e. The highest BCUT2D eigenvalue weighted by molar-refractivity contribution is 7.92. The van der Waals surface area contributed by atoms with Crippen LogP contribution < -0.4 is 9.46 Å². The van der Waals surface area contributed by atoms with E-state index in [0.717, 1.165) is 16.9 Å². The van der Waals surface area contributed by atoms with E-state index in [9.17, 15) is 8.42 Å². The molecule has 0 aliphatic carbocycles. The Kier molecular flexibility index (Phi) is 4.29. The fraction of sp³-hybridized carbons (Fsp3) is 0.0500. The van der Waals surface area contributed by atoms with Gasteiger partial charge in [-0.15, -0.1) is 0 Å². The number of benzene rings is 2. The number of aromatic nitrogens is 2. The lowest BCUT2D eigenvalue weighted by molar-refractivity contribution is 0.403. The average molecular weight is 379 g/mol. The fourth-order valence-corrected chi connectivity index (χ4v) is 4.06. The highest BCUT2D eigenvalue weighted by Crippen LogP contribution is 2.26. The summed E-state index contributed by atoms with van der Waals surface area (Å²) in [6.45, 7) is 0. The zero-order chi connectivity index (χ0) is 18.9. The maximum Gasteiger partial charge on any atom is 0.265 e. The molecule has 0 saturated heterocycles. The number of fused-ring (bicyclic) bond motifs is 1. The molecule has 4 aromatic rings. The van der Waals surface area contributed by atoms with Gasteiger partial charge in [-0.25, -0.2) is 13.4 Å². The molecule has 6 nitrogen and oxygen atoms in total. The summed E-state index contributed by atoms with van der Waals surface area (Å²) >= 11 is 0. The van der Waals surface area contributed by atoms with E-state index in [-0.39, 0.29) is 4.90 Å². The van der Waals surface area contributed by atoms with Gasteiger partial charge in [0.15, 0.2) is 0 Å². The number of para-hydroxylation sites is 1. The van der Waals surface area contributed by atoms with Gasteiger partial charge >= 0.3 is 0 Å². The molecular weight excluding hydrogens is 362 g/mol. The number of imidazole rings is 1. The van der Waals surface area contributed by atoms with Crippen molar-refractivity contribution in [1.82, 2.24) is 9.38 Å². The summed E-state index contributed by atoms with van der Waals surface area (Å²) in [4.78, 5) is 4.66. The summed E-state index contributed by atoms with van der Waals surface area (Å²) in [6, 6.07) is 19.4. The maximum atomic E-state index is 12.6. The van der Waals surface area contributed by atoms with E-state index in [2.05, 4.69) is 9.71 Å². The van der Waals surface area contributed by atoms with Gasteiger partial charge in [0.2, 0.25) is 0 Å². The highest BCUT2D eigenvalue weighted by Gasteiger charge is 2.19. The average Bonchev–Trinajstić information content (AvgIpc) is 3.12. The van der Waals surface area contributed by atoms with E-state index < -0.39 is 10.0 Å². The molecule has 0 aliphatic rings. The molecule has 0 aliphatic heterocycles. The normalized spacial score (nSPS) is 11.4. The second-order valence-electron chi connectivity index (χ2n) is 5.93. The lowest BCUT2D eigenvalue weighted by Gasteiger charge is -2.11. The minimum Gasteiger partial charge on any atom is -0.495 e. The topological polar surface area (TPSA) is 72.7 Å². The van der Waals surface area contributed by atoms with Crippen molar-refractivity contribution in [2.24, 2.45) is 0 Å². The molecule has 27 heavy (non-hydrogen) atoms. The number of nitrogens with one attached hydrogen (secondary N) is 1. The summed E-state index contributed by atoms with van der Waals surface area (Å²) in [5.74, 6) is 0.298. The molecule has 136 valence electrons. The number of ether oxygens (including phenoxy) is 1. The number of hydrogen-bond acceptors (Lipinski definition) is 4. The van der Waals surface area contributed by atoms with Crippen LogP contribution in [0.4, 0.5) is 5.69 Å². The molecule has 0 radical (unpaired) electrons. The first kappa shape index (κ1) is 17.1. The number of sulfonamides is 1. The van der Waals surface area contributed by atoms with Crippen molar-refractivity contribution in [3.05, 3.63) is 79.1 Å². The van der Waals surface area contributed by atoms with Crippen LogP contribution in [0.25, 0.3) is 16.9 Å². The summed E-state index contributed by atoms with van der Waals surface area (Å²) in [5, 5.41) is 0. The molecule has 0 fully saturated rings. The van der Waals surface area contributed by atoms with Crippen LogP contribution in [0, 0.1) is 0 Å². The van der Waals surface area contributed by atoms with Gasteiger partial charge in [0.25, 0.3) is 10.0 Å². The quantitative estimate of drug-likeness (QED) is 0.572. The van der Waals surface area contributed by atoms with Crippen LogP contribution in [0.1, 0.15) is 0 Å². The summed E-state index contributed by atoms with van der Waals surface area (Å²) in [6.07, 6.45) is 3.87. The van der Waals surface area contributed by atoms with Gasteiger partial charge in [0.05, 0.1) is 12.8 Å². The number of hydrogen-bond donors (Lipinski definition) is 1. The highest BCUT2D eigenvalue weighted by atomic mass is 32.2. The van der Waals surface area contributed by atoms with Crippen LogP contribution in [-0.2, 0) is 10.0 Å². The monoisotopic (exact) mass is 379 g/mol. The third-order valence-electron chi connectivity index (χ3n) is 4.16. The van der Waals surface area contributed by atoms with Crippen LogP contribution in [-0.4, -0.2) is 24.9 Å². The second-order valence-corrected chi connectivity index (χ2v) is 7.58. The van der Waals surface area contributed by atoms with E-state index >= 15 is 0 Å². The summed E-state index contributed by atoms with van der Waals surface area (Å²) in [7, 11) is -2.31. The van der Waals surface area contributed by atoms with E-state index in [0.29, 0.717) is 11.4 Å². The van der Waals surface area contributed by atoms with Gasteiger partial charge < -0.3 is 9.14 Å². The fourth-order valence-electron chi connectivity index (χ4n) is 2.83. The van der Waals surface area contributed by atoms with Crippen LogP contribution in [0.5, 0.6) is 5.75 Å². The van der Waals surface area contributed by atoms with Crippen molar-refractivity contribution in [1.29, 1.82) is 0 Å². The van der Waals surface area contributed by atoms with E-state index in [1.54, 1.807) is 30.3 Å². The molecule has 2 aromatic carbocycles. The van der Waals surface area contributed by atoms with E-state index in [1.807, 2.05) is 47.1 Å². The molecule has 0 unspecified atom stereocenters. The minimum atomic E-state index is -3.75. The standard InChI is InChI=1S/C20H17N3O3S/c1-26-18-6-2-3-7-19(18)27(24,25)22-16-11-9-15(10-12-16)17-14-23-13-5-4-8-20(23)21-17/h2-14,22H,1H3. The van der Waals surface area contributed by atoms with Gasteiger partial charge in [-0.05, 0) is 36.4 Å². The van der Waals surface area contributed by atoms with Crippen molar-refractivity contribution >= 4 is 21.4 Å². The Morgan fingerprint density at radius 3 is 2.44 bits per heavy atom. The van der Waals surface area contributed by atoms with Gasteiger partial charge in [-0.3, -0.25) is 4.72 Å². The summed E-state index contributed by atoms with van der Waals surface area (Å²) in [5.41, 5.74) is 3.04. The Morgan fingerprint density at radius 1 is 0.963 bits per heavy atom. The third-order valence-corrected chi connectivity index (χ3v) is 5.58. The minimum absolute atomic E-state index is 0.0944. The van der Waals surface area contributed by atoms with Crippen molar-refractivity contribution in [3.8, 4) is 17.0 Å². The summed E-state index contributed by atoms with van der Waals surface area (Å²) < 4.78 is 35.0. The van der Waals surface area contributed by atoms with E-state index in [1.165, 1.54) is 13.2 Å². The zero-order valence-electron chi connectivity index (χ0n) is 14.5. The van der Waals surface area contributed by atoms with Crippen LogP contribution in [0.3, 0.4) is 0 Å². The largest absolute Gasteiger partial charge is 0.495 e. The number of rotatable bonds is 5. The molecule has 0 spiro atoms. The predicted molar refractivity (Wildman–Crippen MR) is 104 cm³/mol. The Bertz CT molecular complexity index is 1170. The third kappa shape index (κ3) is 3.37. The molecule has 7 heteroatoms. The van der Waals surface area contributed by atoms with Gasteiger partial charge in [-0.2, -0.15) is 0 Å². The molecule has 2 aromatic heterocycles. The van der Waals surface area contributed by atoms with Crippen molar-refractivity contribution < 1.29 is 13.2 Å². The number of pyridine rings is 1. The van der Waals surface area contributed by atoms with Crippen molar-refractivity contribution in [3.63, 3.8) is 0 Å². The zero-order valence-corrected chi connectivity index (χ0v) is 15.3. The van der Waals surface area contributed by atoms with Crippen molar-refractivity contribution in [2.45, 2.75) is 4.90 Å². The Morgan fingerprint density at radius 2 is 1.70 bits per heavy atom. The Hall–Kier alpha value is -3.32. The Labute approximate surface area is 157 Å². The Balaban J connectivity index is 1.60. The van der Waals surface area contributed by atoms with Crippen molar-refractivity contribution in [2.75, 3.05) is 11.8 Å². The molecule has 0 bridgehead atoms. The second kappa shape index (κ2) is 6.77. The predicted octanol–water partition coefficient (Wildman–Crippen LogP) is 3.81. The molecule has 0 atom stereocenters. The first-order valence-corrected chi connectivity index (χ1v) is 9.75. The molecule has 1 N–H and O–H groups in total. The number of nitrogens with zero attached hydrogens (tertiary/aromatic N) is 2.